The molecule has 0 spiro atoms. The molecule has 0 unspecified atom stereocenters. The van der Waals surface area contributed by atoms with Gasteiger partial charge >= 0.3 is 35.6 Å². The van der Waals surface area contributed by atoms with Gasteiger partial charge in [0.15, 0.2) is 0 Å². The van der Waals surface area contributed by atoms with E-state index >= 15 is 0 Å². The molecule has 0 aliphatic rings. The maximum absolute atomic E-state index is 8.63. The fourth-order valence-electron chi connectivity index (χ4n) is 0. The molecule has 0 rings (SSSR count). The number of rotatable bonds is 0. The summed E-state index contributed by atoms with van der Waals surface area (Å²) in [6.45, 7) is 0. The van der Waals surface area contributed by atoms with E-state index in [1.807, 2.05) is 0 Å². The second-order valence-electron chi connectivity index (χ2n) is 0.678. The van der Waals surface area contributed by atoms with Crippen LogP contribution in [0.2, 0.25) is 0 Å². The van der Waals surface area contributed by atoms with Crippen LogP contribution < -0.4 is 10.2 Å². The van der Waals surface area contributed by atoms with E-state index < -0.39 is 16.6 Å². The largest absolute Gasteiger partial charge is 3.00 e. The molecule has 0 aromatic carbocycles. The first kappa shape index (κ1) is 16.7. The van der Waals surface area contributed by atoms with Gasteiger partial charge in [0.25, 0.3) is 0 Å². The summed E-state index contributed by atoms with van der Waals surface area (Å²) >= 11 is 0. The zero-order valence-electron chi connectivity index (χ0n) is 4.38. The molecule has 1 N–H and O–H groups in total. The van der Waals surface area contributed by atoms with Crippen LogP contribution in [0.1, 0.15) is 0 Å². The van der Waals surface area contributed by atoms with Crippen molar-refractivity contribution >= 4 is 16.6 Å². The maximum atomic E-state index is 8.63. The Morgan fingerprint density at radius 1 is 1.30 bits per heavy atom. The Morgan fingerprint density at radius 3 is 1.30 bits per heavy atom. The van der Waals surface area contributed by atoms with E-state index in [1.165, 1.54) is 0 Å². The summed E-state index contributed by atoms with van der Waals surface area (Å²) in [7, 11) is -4.92. The number of carbonyl (C=O) groups excluding carboxylic acids is 1. The van der Waals surface area contributed by atoms with Gasteiger partial charge in [0.2, 0.25) is 10.4 Å². The van der Waals surface area contributed by atoms with Crippen LogP contribution in [0.3, 0.4) is 0 Å². The van der Waals surface area contributed by atoms with Crippen molar-refractivity contribution < 1.29 is 68.1 Å². The van der Waals surface area contributed by atoms with Gasteiger partial charge in [-0.15, -0.1) is 0 Å². The molecule has 0 saturated carbocycles. The van der Waals surface area contributed by atoms with Crippen molar-refractivity contribution in [1.82, 2.24) is 0 Å². The third kappa shape index (κ3) is 4000. The van der Waals surface area contributed by atoms with E-state index in [-0.39, 0.29) is 35.6 Å². The fraction of sp³-hybridized carbons (Fsp3) is 0. The van der Waals surface area contributed by atoms with Gasteiger partial charge in [0, 0.05) is 0 Å². The second kappa shape index (κ2) is 7.44. The average molecular weight is 296 g/mol. The third-order valence-corrected chi connectivity index (χ3v) is 0. The van der Waals surface area contributed by atoms with Gasteiger partial charge in [-0.1, -0.05) is 0 Å². The number of hydrogen-bond donors (Lipinski definition) is 1. The Kier molecular flexibility index (Phi) is 12.5. The molecular weight excluding hydrogens is 295 g/mol. The zero-order chi connectivity index (χ0) is 8.08. The number of carbonyl (C=O) groups is 1. The second-order valence-corrected chi connectivity index (χ2v) is 1.53. The zero-order valence-corrected chi connectivity index (χ0v) is 8.82. The summed E-state index contributed by atoms with van der Waals surface area (Å²) < 4.78 is 32.8. The molecule has 0 atom stereocenters. The standard InChI is InChI=1S/CH2O3.La.H2O4S/c2-1(3)4;;1-5(2,3)4/h(H2,2,3,4);;(H2,1,2,3,4)/q;+3;/p-3. The molecule has 7 nitrogen and oxygen atoms in total. The molecule has 0 amide bonds. The molecule has 0 radical (unpaired) electrons. The van der Waals surface area contributed by atoms with Gasteiger partial charge in [-0.25, -0.2) is 8.42 Å². The van der Waals surface area contributed by atoms with E-state index in [9.17, 15) is 0 Å². The SMILES string of the molecule is O=C([O-])[O-].O=S(=O)([O-])O.[La+3]. The monoisotopic (exact) mass is 296 g/mol. The van der Waals surface area contributed by atoms with Gasteiger partial charge in [-0.05, 0) is 6.16 Å². The van der Waals surface area contributed by atoms with E-state index in [2.05, 4.69) is 0 Å². The van der Waals surface area contributed by atoms with Crippen LogP contribution >= 0.6 is 0 Å². The molecule has 56 valence electrons. The van der Waals surface area contributed by atoms with E-state index in [0.29, 0.717) is 0 Å². The third-order valence-electron chi connectivity index (χ3n) is 0. The normalized spacial score (nSPS) is 8.20. The van der Waals surface area contributed by atoms with E-state index in [4.69, 9.17) is 32.5 Å². The Hall–Kier alpha value is 0.335. The fourth-order valence-corrected chi connectivity index (χ4v) is 0. The van der Waals surface area contributed by atoms with Crippen LogP contribution in [0, 0.1) is 35.6 Å². The van der Waals surface area contributed by atoms with Crippen LogP contribution in [-0.2, 0) is 10.4 Å². The first-order valence-corrected chi connectivity index (χ1v) is 2.66. The van der Waals surface area contributed by atoms with Crippen LogP contribution in [0.5, 0.6) is 0 Å². The Labute approximate surface area is 84.2 Å². The smallest absolute Gasteiger partial charge is 0.726 e. The molecule has 0 bridgehead atoms. The molecule has 0 saturated heterocycles. The topological polar surface area (TPSA) is 141 Å². The number of hydrogen-bond acceptors (Lipinski definition) is 6. The molecule has 0 aliphatic carbocycles. The van der Waals surface area contributed by atoms with E-state index in [1.54, 1.807) is 0 Å². The Morgan fingerprint density at radius 2 is 1.30 bits per heavy atom. The quantitative estimate of drug-likeness (QED) is 0.362. The van der Waals surface area contributed by atoms with Crippen LogP contribution in [0.4, 0.5) is 4.79 Å². The molecule has 10 heavy (non-hydrogen) atoms. The Bertz CT molecular complexity index is 156. The average Bonchev–Trinajstić information content (AvgIpc) is 1.19. The van der Waals surface area contributed by atoms with Gasteiger partial charge in [0.05, 0.1) is 0 Å². The van der Waals surface area contributed by atoms with Crippen molar-refractivity contribution in [2.75, 3.05) is 0 Å². The van der Waals surface area contributed by atoms with Crippen molar-refractivity contribution in [2.24, 2.45) is 0 Å². The number of carboxylic acid groups (broad SMARTS) is 2. The molecule has 0 aromatic rings. The first-order valence-electron chi connectivity index (χ1n) is 1.29. The van der Waals surface area contributed by atoms with Gasteiger partial charge in [0.1, 0.15) is 0 Å². The maximum Gasteiger partial charge on any atom is 3.00 e. The van der Waals surface area contributed by atoms with Crippen molar-refractivity contribution in [3.8, 4) is 0 Å². The molecular formula is CHLaO7S. The van der Waals surface area contributed by atoms with Gasteiger partial charge in [-0.3, -0.25) is 4.55 Å². The predicted molar refractivity (Wildman–Crippen MR) is 17.7 cm³/mol. The first-order chi connectivity index (χ1) is 3.73. The summed E-state index contributed by atoms with van der Waals surface area (Å²) in [4.78, 5) is 8.33. The van der Waals surface area contributed by atoms with E-state index in [0.717, 1.165) is 0 Å². The Balaban J connectivity index is -0.0000000910. The minimum Gasteiger partial charge on any atom is -0.726 e. The van der Waals surface area contributed by atoms with Crippen LogP contribution in [0.25, 0.3) is 0 Å². The summed E-state index contributed by atoms with van der Waals surface area (Å²) in [6, 6.07) is 0. The molecule has 0 aliphatic heterocycles. The van der Waals surface area contributed by atoms with Gasteiger partial charge in [-0.2, -0.15) is 0 Å². The van der Waals surface area contributed by atoms with Crippen molar-refractivity contribution in [1.29, 1.82) is 0 Å². The molecule has 9 heteroatoms. The summed E-state index contributed by atoms with van der Waals surface area (Å²) in [6.07, 6.45) is -2.33. The summed E-state index contributed by atoms with van der Waals surface area (Å²) in [5.74, 6) is 0. The van der Waals surface area contributed by atoms with Crippen LogP contribution in [-0.4, -0.2) is 23.7 Å². The minimum atomic E-state index is -4.92. The predicted octanol–water partition coefficient (Wildman–Crippen LogP) is -3.44. The van der Waals surface area contributed by atoms with Crippen molar-refractivity contribution in [3.05, 3.63) is 0 Å². The molecule has 0 aromatic heterocycles. The molecule has 0 fully saturated rings. The summed E-state index contributed by atoms with van der Waals surface area (Å²) in [5.41, 5.74) is 0. The van der Waals surface area contributed by atoms with Crippen LogP contribution in [0.15, 0.2) is 0 Å². The molecule has 0 heterocycles. The van der Waals surface area contributed by atoms with Crippen molar-refractivity contribution in [2.45, 2.75) is 0 Å². The summed E-state index contributed by atoms with van der Waals surface area (Å²) in [5, 5.41) is 16.7. The van der Waals surface area contributed by atoms with Crippen molar-refractivity contribution in [3.63, 3.8) is 0 Å². The minimum absolute atomic E-state index is 0. The van der Waals surface area contributed by atoms with Gasteiger partial charge < -0.3 is 19.6 Å².